The van der Waals surface area contributed by atoms with Crippen LogP contribution in [-0.2, 0) is 6.54 Å². The van der Waals surface area contributed by atoms with Crippen LogP contribution in [0.1, 0.15) is 4.88 Å². The van der Waals surface area contributed by atoms with Gasteiger partial charge in [0.15, 0.2) is 0 Å². The minimum atomic E-state index is -0.407. The minimum Gasteiger partial charge on any atom is -0.380 e. The lowest BCUT2D eigenvalue weighted by Gasteiger charge is -2.08. The smallest absolute Gasteiger partial charge is 0.295 e. The number of rotatable bonds is 4. The standard InChI is InChI=1S/C14H10BrN3O2S/c15-13-6-3-9(21-13)8-17-11-4-5-12(18(19)20)14-10(11)2-1-7-16-14/h1-7,17H,8H2. The molecule has 0 aliphatic heterocycles. The number of nitro benzene ring substituents is 1. The van der Waals surface area contributed by atoms with Crippen molar-refractivity contribution in [3.8, 4) is 0 Å². The Bertz CT molecular complexity index is 819. The Morgan fingerprint density at radius 2 is 2.14 bits per heavy atom. The molecule has 0 aliphatic carbocycles. The van der Waals surface area contributed by atoms with E-state index in [4.69, 9.17) is 0 Å². The van der Waals surface area contributed by atoms with Gasteiger partial charge in [-0.2, -0.15) is 0 Å². The molecule has 0 amide bonds. The maximum atomic E-state index is 11.0. The van der Waals surface area contributed by atoms with Gasteiger partial charge in [0.25, 0.3) is 5.69 Å². The molecule has 21 heavy (non-hydrogen) atoms. The Morgan fingerprint density at radius 3 is 2.86 bits per heavy atom. The largest absolute Gasteiger partial charge is 0.380 e. The number of benzene rings is 1. The first kappa shape index (κ1) is 14.0. The summed E-state index contributed by atoms with van der Waals surface area (Å²) in [5.41, 5.74) is 1.27. The number of pyridine rings is 1. The van der Waals surface area contributed by atoms with Crippen LogP contribution < -0.4 is 5.32 Å². The molecule has 0 unspecified atom stereocenters. The van der Waals surface area contributed by atoms with Crippen molar-refractivity contribution in [2.75, 3.05) is 5.32 Å². The first-order valence-electron chi connectivity index (χ1n) is 6.15. The monoisotopic (exact) mass is 363 g/mol. The molecule has 0 saturated heterocycles. The van der Waals surface area contributed by atoms with Gasteiger partial charge in [-0.1, -0.05) is 0 Å². The summed E-state index contributed by atoms with van der Waals surface area (Å²) in [4.78, 5) is 16.0. The van der Waals surface area contributed by atoms with Crippen LogP contribution in [0.4, 0.5) is 11.4 Å². The third kappa shape index (κ3) is 2.88. The van der Waals surface area contributed by atoms with Crippen molar-refractivity contribution in [3.63, 3.8) is 0 Å². The summed E-state index contributed by atoms with van der Waals surface area (Å²) in [7, 11) is 0. The van der Waals surface area contributed by atoms with Crippen molar-refractivity contribution in [2.24, 2.45) is 0 Å². The second-order valence-corrected chi connectivity index (χ2v) is 6.90. The van der Waals surface area contributed by atoms with Crippen molar-refractivity contribution >= 4 is 49.5 Å². The van der Waals surface area contributed by atoms with Crippen molar-refractivity contribution in [2.45, 2.75) is 6.54 Å². The van der Waals surface area contributed by atoms with Gasteiger partial charge in [-0.15, -0.1) is 11.3 Å². The molecule has 0 fully saturated rings. The molecule has 0 aliphatic rings. The molecule has 5 nitrogen and oxygen atoms in total. The molecule has 0 atom stereocenters. The zero-order chi connectivity index (χ0) is 14.8. The fourth-order valence-electron chi connectivity index (χ4n) is 2.09. The van der Waals surface area contributed by atoms with Crippen LogP contribution in [0.25, 0.3) is 10.9 Å². The topological polar surface area (TPSA) is 68.1 Å². The average molecular weight is 364 g/mol. The number of non-ortho nitro benzene ring substituents is 1. The summed E-state index contributed by atoms with van der Waals surface area (Å²) >= 11 is 5.08. The van der Waals surface area contributed by atoms with E-state index in [0.717, 1.165) is 14.9 Å². The third-order valence-electron chi connectivity index (χ3n) is 3.03. The van der Waals surface area contributed by atoms with Crippen LogP contribution in [0, 0.1) is 10.1 Å². The van der Waals surface area contributed by atoms with Gasteiger partial charge < -0.3 is 5.32 Å². The van der Waals surface area contributed by atoms with E-state index in [2.05, 4.69) is 26.2 Å². The number of nitro groups is 1. The van der Waals surface area contributed by atoms with Gasteiger partial charge in [0.1, 0.15) is 5.52 Å². The predicted octanol–water partition coefficient (Wildman–Crippen LogP) is 4.58. The van der Waals surface area contributed by atoms with Crippen LogP contribution in [0.3, 0.4) is 0 Å². The van der Waals surface area contributed by atoms with Crippen LogP contribution in [0.2, 0.25) is 0 Å². The molecule has 3 rings (SSSR count). The third-order valence-corrected chi connectivity index (χ3v) is 4.65. The summed E-state index contributed by atoms with van der Waals surface area (Å²) < 4.78 is 1.08. The number of nitrogens with zero attached hydrogens (tertiary/aromatic N) is 2. The number of nitrogens with one attached hydrogen (secondary N) is 1. The lowest BCUT2D eigenvalue weighted by atomic mass is 10.1. The van der Waals surface area contributed by atoms with Gasteiger partial charge in [-0.3, -0.25) is 10.1 Å². The Labute approximate surface area is 132 Å². The Kier molecular flexibility index (Phi) is 3.85. The lowest BCUT2D eigenvalue weighted by molar-refractivity contribution is -0.383. The minimum absolute atomic E-state index is 0.0232. The lowest BCUT2D eigenvalue weighted by Crippen LogP contribution is -2.00. The molecule has 2 aromatic heterocycles. The van der Waals surface area contributed by atoms with Crippen molar-refractivity contribution in [1.29, 1.82) is 0 Å². The molecule has 0 saturated carbocycles. The van der Waals surface area contributed by atoms with Gasteiger partial charge in [-0.25, -0.2) is 4.98 Å². The maximum Gasteiger partial charge on any atom is 0.295 e. The summed E-state index contributed by atoms with van der Waals surface area (Å²) in [6.07, 6.45) is 1.56. The van der Waals surface area contributed by atoms with Crippen molar-refractivity contribution < 1.29 is 4.92 Å². The van der Waals surface area contributed by atoms with E-state index in [1.165, 1.54) is 10.9 Å². The van der Waals surface area contributed by atoms with Crippen LogP contribution in [0.5, 0.6) is 0 Å². The van der Waals surface area contributed by atoms with Gasteiger partial charge in [0, 0.05) is 34.8 Å². The van der Waals surface area contributed by atoms with Gasteiger partial charge >= 0.3 is 0 Å². The average Bonchev–Trinajstić information content (AvgIpc) is 2.90. The SMILES string of the molecule is O=[N+]([O-])c1ccc(NCc2ccc(Br)s2)c2cccnc12. The zero-order valence-corrected chi connectivity index (χ0v) is 13.1. The molecule has 3 aromatic rings. The normalized spacial score (nSPS) is 10.7. The Hall–Kier alpha value is -1.99. The highest BCUT2D eigenvalue weighted by Crippen LogP contribution is 2.30. The number of hydrogen-bond acceptors (Lipinski definition) is 5. The highest BCUT2D eigenvalue weighted by molar-refractivity contribution is 9.11. The van der Waals surface area contributed by atoms with Gasteiger partial charge in [-0.05, 0) is 46.3 Å². The van der Waals surface area contributed by atoms with Gasteiger partial charge in [0.05, 0.1) is 8.71 Å². The van der Waals surface area contributed by atoms with Crippen LogP contribution >= 0.6 is 27.3 Å². The summed E-state index contributed by atoms with van der Waals surface area (Å²) in [5, 5.41) is 15.1. The highest BCUT2D eigenvalue weighted by Gasteiger charge is 2.15. The van der Waals surface area contributed by atoms with Crippen LogP contribution in [-0.4, -0.2) is 9.91 Å². The molecule has 1 aromatic carbocycles. The predicted molar refractivity (Wildman–Crippen MR) is 87.7 cm³/mol. The molecular weight excluding hydrogens is 354 g/mol. The first-order valence-corrected chi connectivity index (χ1v) is 7.76. The van der Waals surface area contributed by atoms with E-state index in [9.17, 15) is 10.1 Å². The number of aromatic nitrogens is 1. The fraction of sp³-hybridized carbons (Fsp3) is 0.0714. The van der Waals surface area contributed by atoms with Gasteiger partial charge in [0.2, 0.25) is 0 Å². The number of fused-ring (bicyclic) bond motifs is 1. The molecule has 2 heterocycles. The maximum absolute atomic E-state index is 11.0. The second-order valence-electron chi connectivity index (χ2n) is 4.35. The molecule has 0 bridgehead atoms. The quantitative estimate of drug-likeness (QED) is 0.544. The van der Waals surface area contributed by atoms with E-state index < -0.39 is 4.92 Å². The van der Waals surface area contributed by atoms with E-state index >= 15 is 0 Å². The Balaban J connectivity index is 1.96. The van der Waals surface area contributed by atoms with E-state index in [1.807, 2.05) is 18.2 Å². The summed E-state index contributed by atoms with van der Waals surface area (Å²) in [6.45, 7) is 0.665. The molecule has 0 radical (unpaired) electrons. The molecule has 106 valence electrons. The first-order chi connectivity index (χ1) is 10.1. The fourth-order valence-corrected chi connectivity index (χ4v) is 3.51. The molecule has 0 spiro atoms. The number of halogens is 1. The van der Waals surface area contributed by atoms with E-state index in [0.29, 0.717) is 12.1 Å². The highest BCUT2D eigenvalue weighted by atomic mass is 79.9. The number of anilines is 1. The van der Waals surface area contributed by atoms with E-state index in [1.54, 1.807) is 29.7 Å². The summed E-state index contributed by atoms with van der Waals surface area (Å²) in [6, 6.07) is 10.9. The molecular formula is C14H10BrN3O2S. The second kappa shape index (κ2) is 5.79. The number of hydrogen-bond donors (Lipinski definition) is 1. The van der Waals surface area contributed by atoms with Crippen LogP contribution in [0.15, 0.2) is 46.4 Å². The summed E-state index contributed by atoms with van der Waals surface area (Å²) in [5.74, 6) is 0. The Morgan fingerprint density at radius 1 is 1.29 bits per heavy atom. The zero-order valence-electron chi connectivity index (χ0n) is 10.7. The molecule has 1 N–H and O–H groups in total. The number of thiophene rings is 1. The van der Waals surface area contributed by atoms with Crippen molar-refractivity contribution in [1.82, 2.24) is 4.98 Å². The molecule has 7 heteroatoms. The van der Waals surface area contributed by atoms with E-state index in [-0.39, 0.29) is 5.69 Å². The van der Waals surface area contributed by atoms with Crippen molar-refractivity contribution in [3.05, 3.63) is 61.4 Å².